The van der Waals surface area contributed by atoms with Gasteiger partial charge in [0.15, 0.2) is 11.5 Å². The summed E-state index contributed by atoms with van der Waals surface area (Å²) in [6.45, 7) is 0.296. The summed E-state index contributed by atoms with van der Waals surface area (Å²) in [6.07, 6.45) is 1.61. The van der Waals surface area contributed by atoms with Gasteiger partial charge < -0.3 is 14.4 Å². The van der Waals surface area contributed by atoms with Crippen LogP contribution in [-0.2, 0) is 9.59 Å². The molecule has 2 aromatic carbocycles. The molecule has 0 unspecified atom stereocenters. The average Bonchev–Trinajstić information content (AvgIpc) is 3.10. The maximum atomic E-state index is 12.4. The van der Waals surface area contributed by atoms with Crippen molar-refractivity contribution in [3.63, 3.8) is 0 Å². The molecule has 1 heterocycles. The second kappa shape index (κ2) is 8.75. The fraction of sp³-hybridized carbons (Fsp3) is 0.250. The third kappa shape index (κ3) is 4.26. The number of hydrazone groups is 1. The van der Waals surface area contributed by atoms with Crippen LogP contribution in [0.5, 0.6) is 11.5 Å². The number of hydrogen-bond donors (Lipinski definition) is 1. The maximum absolute atomic E-state index is 12.4. The lowest BCUT2D eigenvalue weighted by molar-refractivity contribution is -0.126. The predicted molar refractivity (Wildman–Crippen MR) is 107 cm³/mol. The number of methoxy groups -OCH3 is 2. The average molecular weight is 402 g/mol. The van der Waals surface area contributed by atoms with Crippen molar-refractivity contribution in [1.29, 1.82) is 0 Å². The van der Waals surface area contributed by atoms with Crippen LogP contribution in [-0.4, -0.2) is 38.8 Å². The van der Waals surface area contributed by atoms with Gasteiger partial charge in [0.1, 0.15) is 0 Å². The van der Waals surface area contributed by atoms with Crippen molar-refractivity contribution in [3.05, 3.63) is 53.1 Å². The summed E-state index contributed by atoms with van der Waals surface area (Å²) in [5.41, 5.74) is 3.87. The zero-order valence-electron chi connectivity index (χ0n) is 15.5. The number of nitrogens with one attached hydrogen (secondary N) is 1. The van der Waals surface area contributed by atoms with Gasteiger partial charge in [0.05, 0.1) is 26.4 Å². The summed E-state index contributed by atoms with van der Waals surface area (Å²) < 4.78 is 10.6. The normalized spacial score (nSPS) is 16.5. The van der Waals surface area contributed by atoms with Crippen molar-refractivity contribution >= 4 is 35.3 Å². The van der Waals surface area contributed by atoms with Gasteiger partial charge in [-0.2, -0.15) is 5.10 Å². The predicted octanol–water partition coefficient (Wildman–Crippen LogP) is 2.86. The van der Waals surface area contributed by atoms with Crippen LogP contribution in [0.1, 0.15) is 12.0 Å². The number of anilines is 1. The molecule has 0 aromatic heterocycles. The van der Waals surface area contributed by atoms with Gasteiger partial charge in [0, 0.05) is 29.2 Å². The highest BCUT2D eigenvalue weighted by Gasteiger charge is 2.35. The lowest BCUT2D eigenvalue weighted by Gasteiger charge is -2.16. The molecule has 1 atom stereocenters. The molecule has 0 radical (unpaired) electrons. The number of para-hydroxylation sites is 1. The number of nitrogens with zero attached hydrogens (tertiary/aromatic N) is 2. The number of carbonyl (C=O) groups excluding carboxylic acids is 2. The fourth-order valence-corrected chi connectivity index (χ4v) is 3.15. The molecule has 0 saturated carbocycles. The molecule has 1 N–H and O–H groups in total. The zero-order valence-corrected chi connectivity index (χ0v) is 16.3. The molecule has 8 heteroatoms. The molecule has 146 valence electrons. The Bertz CT molecular complexity index is 899. The monoisotopic (exact) mass is 401 g/mol. The third-order valence-corrected chi connectivity index (χ3v) is 4.70. The summed E-state index contributed by atoms with van der Waals surface area (Å²) in [5.74, 6) is 0.183. The van der Waals surface area contributed by atoms with Gasteiger partial charge in [0.2, 0.25) is 11.8 Å². The Hall–Kier alpha value is -3.06. The van der Waals surface area contributed by atoms with E-state index in [1.54, 1.807) is 54.5 Å². The molecule has 0 bridgehead atoms. The molecule has 1 fully saturated rings. The molecule has 28 heavy (non-hydrogen) atoms. The second-order valence-electron chi connectivity index (χ2n) is 6.20. The quantitative estimate of drug-likeness (QED) is 0.596. The van der Waals surface area contributed by atoms with E-state index in [0.29, 0.717) is 34.3 Å². The number of benzene rings is 2. The van der Waals surface area contributed by atoms with Crippen LogP contribution in [0.25, 0.3) is 0 Å². The Morgan fingerprint density at radius 1 is 1.21 bits per heavy atom. The van der Waals surface area contributed by atoms with Gasteiger partial charge in [-0.15, -0.1) is 0 Å². The van der Waals surface area contributed by atoms with Gasteiger partial charge in [-0.05, 0) is 36.4 Å². The smallest absolute Gasteiger partial charge is 0.245 e. The van der Waals surface area contributed by atoms with E-state index >= 15 is 0 Å². The molecule has 2 aromatic rings. The van der Waals surface area contributed by atoms with Gasteiger partial charge in [-0.3, -0.25) is 9.59 Å². The number of halogens is 1. The minimum Gasteiger partial charge on any atom is -0.493 e. The topological polar surface area (TPSA) is 80.2 Å². The largest absolute Gasteiger partial charge is 0.493 e. The number of rotatable bonds is 6. The third-order valence-electron chi connectivity index (χ3n) is 4.45. The fourth-order valence-electron chi connectivity index (χ4n) is 3.02. The van der Waals surface area contributed by atoms with Crippen LogP contribution >= 0.6 is 11.6 Å². The molecule has 7 nitrogen and oxygen atoms in total. The number of hydrogen-bond acceptors (Lipinski definition) is 5. The van der Waals surface area contributed by atoms with Gasteiger partial charge in [-0.1, -0.05) is 17.7 Å². The van der Waals surface area contributed by atoms with E-state index in [-0.39, 0.29) is 18.2 Å². The lowest BCUT2D eigenvalue weighted by atomic mass is 10.1. The molecule has 0 aliphatic carbocycles. The Kier molecular flexibility index (Phi) is 6.16. The van der Waals surface area contributed by atoms with E-state index in [4.69, 9.17) is 21.1 Å². The van der Waals surface area contributed by atoms with Crippen LogP contribution in [0.3, 0.4) is 0 Å². The Balaban J connectivity index is 1.64. The standard InChI is InChI=1S/C20H20ClN3O4/c1-27-17-5-3-4-13(19(17)28-2)11-22-23-20(26)14-10-18(25)24(12-14)16-8-6-15(21)7-9-16/h3-9,11,14H,10,12H2,1-2H3,(H,23,26)/b22-11-/t14-/m0/s1. The minimum atomic E-state index is -0.479. The first-order valence-corrected chi connectivity index (χ1v) is 9.01. The van der Waals surface area contributed by atoms with Crippen LogP contribution < -0.4 is 19.8 Å². The first-order chi connectivity index (χ1) is 13.5. The van der Waals surface area contributed by atoms with E-state index < -0.39 is 5.92 Å². The summed E-state index contributed by atoms with van der Waals surface area (Å²) >= 11 is 5.88. The molecule has 1 aliphatic rings. The van der Waals surface area contributed by atoms with Gasteiger partial charge in [0.25, 0.3) is 0 Å². The van der Waals surface area contributed by atoms with Crippen molar-refractivity contribution < 1.29 is 19.1 Å². The first-order valence-electron chi connectivity index (χ1n) is 8.63. The Morgan fingerprint density at radius 2 is 1.96 bits per heavy atom. The molecule has 1 aliphatic heterocycles. The van der Waals surface area contributed by atoms with Crippen LogP contribution in [0.2, 0.25) is 5.02 Å². The molecule has 3 rings (SSSR count). The Labute approximate surface area is 167 Å². The highest BCUT2D eigenvalue weighted by molar-refractivity contribution is 6.30. The van der Waals surface area contributed by atoms with Crippen molar-refractivity contribution in [2.24, 2.45) is 11.0 Å². The summed E-state index contributed by atoms with van der Waals surface area (Å²) in [5, 5.41) is 4.59. The number of carbonyl (C=O) groups is 2. The number of amides is 2. The molecule has 0 spiro atoms. The lowest BCUT2D eigenvalue weighted by Crippen LogP contribution is -2.30. The van der Waals surface area contributed by atoms with Gasteiger partial charge in [-0.25, -0.2) is 5.43 Å². The van der Waals surface area contributed by atoms with E-state index in [1.165, 1.54) is 13.3 Å². The Morgan fingerprint density at radius 3 is 2.64 bits per heavy atom. The maximum Gasteiger partial charge on any atom is 0.245 e. The summed E-state index contributed by atoms with van der Waals surface area (Å²) in [4.78, 5) is 26.3. The van der Waals surface area contributed by atoms with Crippen LogP contribution in [0.4, 0.5) is 5.69 Å². The van der Waals surface area contributed by atoms with Crippen LogP contribution in [0, 0.1) is 5.92 Å². The second-order valence-corrected chi connectivity index (χ2v) is 6.64. The van der Waals surface area contributed by atoms with Crippen LogP contribution in [0.15, 0.2) is 47.6 Å². The van der Waals surface area contributed by atoms with E-state index in [0.717, 1.165) is 0 Å². The van der Waals surface area contributed by atoms with E-state index in [2.05, 4.69) is 10.5 Å². The van der Waals surface area contributed by atoms with E-state index in [9.17, 15) is 9.59 Å². The van der Waals surface area contributed by atoms with Crippen molar-refractivity contribution in [2.45, 2.75) is 6.42 Å². The highest BCUT2D eigenvalue weighted by atomic mass is 35.5. The summed E-state index contributed by atoms with van der Waals surface area (Å²) in [7, 11) is 3.08. The number of ether oxygens (including phenoxy) is 2. The van der Waals surface area contributed by atoms with Crippen molar-refractivity contribution in [1.82, 2.24) is 5.43 Å². The van der Waals surface area contributed by atoms with Crippen molar-refractivity contribution in [3.8, 4) is 11.5 Å². The first kappa shape index (κ1) is 19.7. The minimum absolute atomic E-state index is 0.110. The zero-order chi connectivity index (χ0) is 20.1. The molecule has 2 amide bonds. The van der Waals surface area contributed by atoms with Gasteiger partial charge >= 0.3 is 0 Å². The van der Waals surface area contributed by atoms with Crippen molar-refractivity contribution in [2.75, 3.05) is 25.7 Å². The molecular weight excluding hydrogens is 382 g/mol. The van der Waals surface area contributed by atoms with E-state index in [1.807, 2.05) is 0 Å². The molecular formula is C20H20ClN3O4. The summed E-state index contributed by atoms with van der Waals surface area (Å²) in [6, 6.07) is 12.3. The SMILES string of the molecule is COc1cccc(/C=N\NC(=O)[C@H]2CC(=O)N(c3ccc(Cl)cc3)C2)c1OC. The highest BCUT2D eigenvalue weighted by Crippen LogP contribution is 2.29. The molecule has 1 saturated heterocycles.